The molecule has 0 saturated heterocycles. The predicted molar refractivity (Wildman–Crippen MR) is 105 cm³/mol. The Balaban J connectivity index is 3.94. The Hall–Kier alpha value is -0.0700. The van der Waals surface area contributed by atoms with Gasteiger partial charge in [0.25, 0.3) is 0 Å². The van der Waals surface area contributed by atoms with E-state index in [4.69, 9.17) is 10.6 Å². The van der Waals surface area contributed by atoms with Gasteiger partial charge in [0, 0.05) is 23.6 Å². The second-order valence-corrected chi connectivity index (χ2v) is 7.68. The Kier molecular flexibility index (Phi) is 15.4. The van der Waals surface area contributed by atoms with Gasteiger partial charge in [-0.1, -0.05) is 39.5 Å². The number of carbonyl (C=O) groups is 1. The molecule has 0 aliphatic carbocycles. The van der Waals surface area contributed by atoms with Gasteiger partial charge in [-0.2, -0.15) is 25.3 Å². The SMILES string of the molecule is CCCCC(S)CCCN(CCCC(S)CCCC)OC(N)=O. The maximum atomic E-state index is 11.0. The van der Waals surface area contributed by atoms with E-state index >= 15 is 0 Å². The molecule has 2 N–H and O–H groups in total. The molecule has 1 amide bonds. The number of amides is 1. The number of nitrogens with two attached hydrogens (primary N) is 1. The van der Waals surface area contributed by atoms with Crippen LogP contribution in [0.5, 0.6) is 0 Å². The predicted octanol–water partition coefficient (Wildman–Crippen LogP) is 4.84. The van der Waals surface area contributed by atoms with Gasteiger partial charge in [-0.3, -0.25) is 0 Å². The van der Waals surface area contributed by atoms with Crippen LogP contribution in [0.2, 0.25) is 0 Å². The van der Waals surface area contributed by atoms with E-state index in [0.717, 1.165) is 51.6 Å². The number of carbonyl (C=O) groups excluding carboxylic acids is 1. The summed E-state index contributed by atoms with van der Waals surface area (Å²) < 4.78 is 0. The highest BCUT2D eigenvalue weighted by Crippen LogP contribution is 2.15. The third-order valence-electron chi connectivity index (χ3n) is 3.89. The first-order valence-electron chi connectivity index (χ1n) is 9.08. The van der Waals surface area contributed by atoms with Crippen molar-refractivity contribution in [2.75, 3.05) is 13.1 Å². The van der Waals surface area contributed by atoms with Gasteiger partial charge in [-0.05, 0) is 38.5 Å². The summed E-state index contributed by atoms with van der Waals surface area (Å²) in [6, 6.07) is 0. The minimum Gasteiger partial charge on any atom is -0.351 e. The van der Waals surface area contributed by atoms with Crippen LogP contribution in [0.1, 0.15) is 78.1 Å². The van der Waals surface area contributed by atoms with Gasteiger partial charge in [0.1, 0.15) is 0 Å². The third kappa shape index (κ3) is 15.2. The van der Waals surface area contributed by atoms with Crippen LogP contribution in [0.25, 0.3) is 0 Å². The summed E-state index contributed by atoms with van der Waals surface area (Å²) in [6.45, 7) is 5.83. The Morgan fingerprint density at radius 3 is 1.65 bits per heavy atom. The quantitative estimate of drug-likeness (QED) is 0.288. The molecule has 0 rings (SSSR count). The molecule has 0 fully saturated rings. The number of primary amides is 1. The maximum absolute atomic E-state index is 11.0. The summed E-state index contributed by atoms with van der Waals surface area (Å²) in [4.78, 5) is 16.1. The van der Waals surface area contributed by atoms with Crippen LogP contribution in [0.4, 0.5) is 4.79 Å². The van der Waals surface area contributed by atoms with Crippen LogP contribution in [0.15, 0.2) is 0 Å². The lowest BCUT2D eigenvalue weighted by atomic mass is 10.1. The zero-order chi connectivity index (χ0) is 17.5. The summed E-state index contributed by atoms with van der Waals surface area (Å²) in [6.07, 6.45) is 10.4. The third-order valence-corrected chi connectivity index (χ3v) is 4.92. The first-order chi connectivity index (χ1) is 11.0. The van der Waals surface area contributed by atoms with Crippen LogP contribution in [-0.2, 0) is 4.84 Å². The van der Waals surface area contributed by atoms with Crippen LogP contribution >= 0.6 is 25.3 Å². The van der Waals surface area contributed by atoms with Crippen molar-refractivity contribution in [1.29, 1.82) is 0 Å². The fourth-order valence-electron chi connectivity index (χ4n) is 2.51. The standard InChI is InChI=1S/C17H36N2O2S2/c1-3-5-9-15(22)11-7-13-19(21-17(18)20)14-8-12-16(23)10-6-4-2/h15-16,22-23H,3-14H2,1-2H3,(H2,18,20). The Morgan fingerprint density at radius 1 is 0.913 bits per heavy atom. The van der Waals surface area contributed by atoms with Crippen molar-refractivity contribution in [1.82, 2.24) is 5.06 Å². The largest absolute Gasteiger partial charge is 0.423 e. The summed E-state index contributed by atoms with van der Waals surface area (Å²) in [5, 5.41) is 2.56. The number of unbranched alkanes of at least 4 members (excludes halogenated alkanes) is 2. The lowest BCUT2D eigenvalue weighted by molar-refractivity contribution is -0.0976. The van der Waals surface area contributed by atoms with E-state index in [0.29, 0.717) is 10.5 Å². The molecule has 0 radical (unpaired) electrons. The van der Waals surface area contributed by atoms with Crippen molar-refractivity contribution in [2.24, 2.45) is 5.73 Å². The Morgan fingerprint density at radius 2 is 1.30 bits per heavy atom. The fourth-order valence-corrected chi connectivity index (χ4v) is 3.24. The lowest BCUT2D eigenvalue weighted by Crippen LogP contribution is -2.32. The van der Waals surface area contributed by atoms with E-state index in [1.807, 2.05) is 0 Å². The molecule has 0 spiro atoms. The fraction of sp³-hybridized carbons (Fsp3) is 0.941. The number of rotatable bonds is 15. The topological polar surface area (TPSA) is 55.6 Å². The van der Waals surface area contributed by atoms with Gasteiger partial charge in [0.15, 0.2) is 0 Å². The second kappa shape index (κ2) is 15.5. The molecule has 0 heterocycles. The van der Waals surface area contributed by atoms with Crippen molar-refractivity contribution in [3.05, 3.63) is 0 Å². The highest BCUT2D eigenvalue weighted by Gasteiger charge is 2.12. The molecule has 0 aliphatic heterocycles. The summed E-state index contributed by atoms with van der Waals surface area (Å²) in [7, 11) is 0. The summed E-state index contributed by atoms with van der Waals surface area (Å²) in [5.41, 5.74) is 5.15. The van der Waals surface area contributed by atoms with Gasteiger partial charge < -0.3 is 10.6 Å². The summed E-state index contributed by atoms with van der Waals surface area (Å²) >= 11 is 9.21. The van der Waals surface area contributed by atoms with E-state index in [2.05, 4.69) is 39.1 Å². The van der Waals surface area contributed by atoms with Gasteiger partial charge >= 0.3 is 6.09 Å². The van der Waals surface area contributed by atoms with Crippen LogP contribution < -0.4 is 5.73 Å². The molecule has 0 saturated carbocycles. The Labute approximate surface area is 153 Å². The molecule has 0 aromatic rings. The van der Waals surface area contributed by atoms with Gasteiger partial charge in [0.2, 0.25) is 0 Å². The van der Waals surface area contributed by atoms with Crippen LogP contribution in [0.3, 0.4) is 0 Å². The second-order valence-electron chi connectivity index (χ2n) is 6.22. The van der Waals surface area contributed by atoms with Crippen molar-refractivity contribution in [2.45, 2.75) is 88.6 Å². The van der Waals surface area contributed by atoms with Crippen molar-refractivity contribution in [3.8, 4) is 0 Å². The molecular weight excluding hydrogens is 328 g/mol. The van der Waals surface area contributed by atoms with E-state index in [1.54, 1.807) is 5.06 Å². The number of nitrogens with zero attached hydrogens (tertiary/aromatic N) is 1. The molecule has 0 aliphatic rings. The van der Waals surface area contributed by atoms with Crippen LogP contribution in [-0.4, -0.2) is 34.7 Å². The first-order valence-corrected chi connectivity index (χ1v) is 10.1. The minimum absolute atomic E-state index is 0.432. The highest BCUT2D eigenvalue weighted by atomic mass is 32.1. The van der Waals surface area contributed by atoms with E-state index in [9.17, 15) is 4.79 Å². The Bertz CT molecular complexity index is 274. The number of hydroxylamine groups is 2. The molecular formula is C17H36N2O2S2. The molecule has 2 atom stereocenters. The molecule has 23 heavy (non-hydrogen) atoms. The smallest absolute Gasteiger partial charge is 0.351 e. The average molecular weight is 365 g/mol. The monoisotopic (exact) mass is 364 g/mol. The normalized spacial score (nSPS) is 14.0. The highest BCUT2D eigenvalue weighted by molar-refractivity contribution is 7.81. The average Bonchev–Trinajstić information content (AvgIpc) is 2.50. The first kappa shape index (κ1) is 22.9. The van der Waals surface area contributed by atoms with Gasteiger partial charge in [0.05, 0.1) is 0 Å². The molecule has 2 unspecified atom stereocenters. The van der Waals surface area contributed by atoms with E-state index < -0.39 is 6.09 Å². The van der Waals surface area contributed by atoms with E-state index in [1.165, 1.54) is 25.7 Å². The molecule has 0 bridgehead atoms. The maximum Gasteiger partial charge on any atom is 0.423 e. The van der Waals surface area contributed by atoms with Gasteiger partial charge in [-0.25, -0.2) is 4.79 Å². The van der Waals surface area contributed by atoms with E-state index in [-0.39, 0.29) is 0 Å². The van der Waals surface area contributed by atoms with Crippen molar-refractivity contribution < 1.29 is 9.63 Å². The molecule has 0 aromatic heterocycles. The van der Waals surface area contributed by atoms with Crippen molar-refractivity contribution in [3.63, 3.8) is 0 Å². The number of hydrogen-bond acceptors (Lipinski definition) is 5. The zero-order valence-electron chi connectivity index (χ0n) is 14.9. The molecule has 4 nitrogen and oxygen atoms in total. The lowest BCUT2D eigenvalue weighted by Gasteiger charge is -2.21. The zero-order valence-corrected chi connectivity index (χ0v) is 16.7. The molecule has 138 valence electrons. The number of thiol groups is 2. The summed E-state index contributed by atoms with van der Waals surface area (Å²) in [5.74, 6) is 0. The van der Waals surface area contributed by atoms with Crippen molar-refractivity contribution >= 4 is 31.4 Å². The van der Waals surface area contributed by atoms with Crippen LogP contribution in [0, 0.1) is 0 Å². The molecule has 6 heteroatoms. The van der Waals surface area contributed by atoms with Gasteiger partial charge in [-0.15, -0.1) is 5.06 Å². The molecule has 0 aromatic carbocycles. The minimum atomic E-state index is -0.730. The number of hydrogen-bond donors (Lipinski definition) is 3.